The fourth-order valence-corrected chi connectivity index (χ4v) is 2.08. The highest BCUT2D eigenvalue weighted by molar-refractivity contribution is 7.88. The largest absolute Gasteiger partial charge is 0.497 e. The number of hydrogen-bond acceptors (Lipinski definition) is 8. The molecule has 0 unspecified atom stereocenters. The lowest BCUT2D eigenvalue weighted by molar-refractivity contribution is -0.162. The zero-order valence-corrected chi connectivity index (χ0v) is 15.1. The third kappa shape index (κ3) is 5.76. The topological polar surface area (TPSA) is 100 Å². The molecule has 0 spiro atoms. The number of carbonyl (C=O) groups is 1. The smallest absolute Gasteiger partial charge is 0.478 e. The summed E-state index contributed by atoms with van der Waals surface area (Å²) in [7, 11) is -3.83. The number of nitrogens with zero attached hydrogens (tertiary/aromatic N) is 1. The fraction of sp³-hybridized carbons (Fsp3) is 0.429. The molecule has 1 rings (SSSR count). The minimum Gasteiger partial charge on any atom is -0.497 e. The predicted molar refractivity (Wildman–Crippen MR) is 83.4 cm³/mol. The second-order valence-corrected chi connectivity index (χ2v) is 6.41. The summed E-state index contributed by atoms with van der Waals surface area (Å²) >= 11 is 0. The van der Waals surface area contributed by atoms with Crippen molar-refractivity contribution in [3.05, 3.63) is 29.8 Å². The highest BCUT2D eigenvalue weighted by Crippen LogP contribution is 2.28. The number of methoxy groups -OCH3 is 2. The number of carbonyl (C=O) groups excluding carboxylic acids is 1. The zero-order valence-electron chi connectivity index (χ0n) is 14.3. The molecule has 0 fully saturated rings. The molecular weight excluding hydrogens is 421 g/mol. The van der Waals surface area contributed by atoms with Gasteiger partial charge in [-0.1, -0.05) is 5.16 Å². The number of alkyl halides is 5. The van der Waals surface area contributed by atoms with Gasteiger partial charge in [0, 0.05) is 12.7 Å². The van der Waals surface area contributed by atoms with Crippen LogP contribution in [0.4, 0.5) is 22.0 Å². The maximum atomic E-state index is 13.7. The highest BCUT2D eigenvalue weighted by atomic mass is 32.2. The SMILES string of the molecule is COCCOC(=O)C(F)(F)S(=O)(=O)O/N=C(/c1ccc(OC)cc1)C(F)(F)F. The summed E-state index contributed by atoms with van der Waals surface area (Å²) in [6, 6.07) is 3.87. The summed E-state index contributed by atoms with van der Waals surface area (Å²) in [5.74, 6) is -2.39. The number of rotatable bonds is 9. The van der Waals surface area contributed by atoms with Crippen molar-refractivity contribution in [1.82, 2.24) is 0 Å². The molecule has 0 aliphatic carbocycles. The molecule has 0 amide bonds. The molecule has 0 saturated carbocycles. The first kappa shape index (κ1) is 23.6. The lowest BCUT2D eigenvalue weighted by Crippen LogP contribution is -2.40. The Morgan fingerprint density at radius 1 is 1.04 bits per heavy atom. The van der Waals surface area contributed by atoms with Crippen molar-refractivity contribution in [3.8, 4) is 5.75 Å². The number of oxime groups is 1. The van der Waals surface area contributed by atoms with E-state index < -0.39 is 45.4 Å². The average molecular weight is 435 g/mol. The van der Waals surface area contributed by atoms with Gasteiger partial charge in [0.1, 0.15) is 12.4 Å². The maximum Gasteiger partial charge on any atom is 0.478 e. The maximum absolute atomic E-state index is 13.7. The Kier molecular flexibility index (Phi) is 7.69. The lowest BCUT2D eigenvalue weighted by Gasteiger charge is -2.15. The Balaban J connectivity index is 3.14. The summed E-state index contributed by atoms with van der Waals surface area (Å²) in [5, 5.41) is -3.02. The average Bonchev–Trinajstić information content (AvgIpc) is 2.61. The Bertz CT molecular complexity index is 806. The van der Waals surface area contributed by atoms with Gasteiger partial charge in [-0.25, -0.2) is 4.79 Å². The molecule has 14 heteroatoms. The normalized spacial score (nSPS) is 13.2. The molecule has 0 bridgehead atoms. The Labute approximate surface area is 155 Å². The molecule has 0 N–H and O–H groups in total. The van der Waals surface area contributed by atoms with Crippen LogP contribution in [0, 0.1) is 0 Å². The van der Waals surface area contributed by atoms with Crippen LogP contribution < -0.4 is 4.74 Å². The van der Waals surface area contributed by atoms with Gasteiger partial charge in [0.25, 0.3) is 0 Å². The molecule has 8 nitrogen and oxygen atoms in total. The van der Waals surface area contributed by atoms with Crippen molar-refractivity contribution >= 4 is 21.8 Å². The second kappa shape index (κ2) is 9.14. The minimum absolute atomic E-state index is 0.171. The van der Waals surface area contributed by atoms with Crippen LogP contribution in [0.3, 0.4) is 0 Å². The van der Waals surface area contributed by atoms with Crippen molar-refractivity contribution in [3.63, 3.8) is 0 Å². The summed E-state index contributed by atoms with van der Waals surface area (Å²) in [5.41, 5.74) is -2.63. The quantitative estimate of drug-likeness (QED) is 0.193. The third-order valence-electron chi connectivity index (χ3n) is 2.93. The van der Waals surface area contributed by atoms with Crippen LogP contribution in [0.1, 0.15) is 5.56 Å². The van der Waals surface area contributed by atoms with Gasteiger partial charge in [0.15, 0.2) is 5.71 Å². The first-order chi connectivity index (χ1) is 12.9. The van der Waals surface area contributed by atoms with Crippen LogP contribution in [0.15, 0.2) is 29.4 Å². The van der Waals surface area contributed by atoms with E-state index in [0.717, 1.165) is 31.4 Å². The number of ether oxygens (including phenoxy) is 3. The molecule has 0 atom stereocenters. The van der Waals surface area contributed by atoms with Crippen LogP contribution in [-0.4, -0.2) is 59.0 Å². The van der Waals surface area contributed by atoms with Crippen molar-refractivity contribution in [1.29, 1.82) is 0 Å². The van der Waals surface area contributed by atoms with Gasteiger partial charge in [-0.15, -0.1) is 0 Å². The fourth-order valence-electron chi connectivity index (χ4n) is 1.55. The van der Waals surface area contributed by atoms with Gasteiger partial charge in [-0.3, -0.25) is 4.28 Å². The molecular formula is C14H14F5NO7S. The predicted octanol–water partition coefficient (Wildman–Crippen LogP) is 2.09. The molecule has 0 heterocycles. The summed E-state index contributed by atoms with van der Waals surface area (Å²) in [6.07, 6.45) is -5.27. The van der Waals surface area contributed by atoms with E-state index in [1.165, 1.54) is 7.11 Å². The van der Waals surface area contributed by atoms with Crippen LogP contribution in [0.2, 0.25) is 0 Å². The lowest BCUT2D eigenvalue weighted by atomic mass is 10.1. The van der Waals surface area contributed by atoms with E-state index in [1.54, 1.807) is 0 Å². The molecule has 0 aliphatic rings. The van der Waals surface area contributed by atoms with Gasteiger partial charge in [0.2, 0.25) is 0 Å². The van der Waals surface area contributed by atoms with E-state index in [9.17, 15) is 35.2 Å². The van der Waals surface area contributed by atoms with Crippen molar-refractivity contribution < 1.29 is 53.7 Å². The Morgan fingerprint density at radius 2 is 1.61 bits per heavy atom. The molecule has 0 aliphatic heterocycles. The molecule has 0 aromatic heterocycles. The van der Waals surface area contributed by atoms with Gasteiger partial charge >= 0.3 is 27.5 Å². The van der Waals surface area contributed by atoms with E-state index >= 15 is 0 Å². The molecule has 1 aromatic carbocycles. The molecule has 0 saturated heterocycles. The van der Waals surface area contributed by atoms with E-state index in [2.05, 4.69) is 18.9 Å². The van der Waals surface area contributed by atoms with E-state index in [4.69, 9.17) is 4.74 Å². The molecule has 1 aromatic rings. The summed E-state index contributed by atoms with van der Waals surface area (Å²) in [6.45, 7) is -1.04. The van der Waals surface area contributed by atoms with Crippen LogP contribution in [0.25, 0.3) is 0 Å². The van der Waals surface area contributed by atoms with Crippen molar-refractivity contribution in [2.24, 2.45) is 5.16 Å². The van der Waals surface area contributed by atoms with Crippen molar-refractivity contribution in [2.75, 3.05) is 27.4 Å². The number of halogens is 5. The second-order valence-electron chi connectivity index (χ2n) is 4.84. The van der Waals surface area contributed by atoms with Crippen LogP contribution in [0.5, 0.6) is 5.75 Å². The first-order valence-corrected chi connectivity index (χ1v) is 8.54. The van der Waals surface area contributed by atoms with Gasteiger partial charge < -0.3 is 14.2 Å². The third-order valence-corrected chi connectivity index (χ3v) is 4.00. The van der Waals surface area contributed by atoms with Gasteiger partial charge in [-0.05, 0) is 24.3 Å². The first-order valence-electron chi connectivity index (χ1n) is 7.13. The monoisotopic (exact) mass is 435 g/mol. The standard InChI is InChI=1S/C14H14F5NO7S/c1-24-7-8-26-12(21)14(18,19)28(22,23)27-20-11(13(15,16)17)9-3-5-10(25-2)6-4-9/h3-6H,7-8H2,1-2H3/b20-11-. The molecule has 0 radical (unpaired) electrons. The number of hydrogen-bond donors (Lipinski definition) is 0. The van der Waals surface area contributed by atoms with Crippen LogP contribution >= 0.6 is 0 Å². The van der Waals surface area contributed by atoms with E-state index in [1.807, 2.05) is 0 Å². The Hall–Kier alpha value is -2.48. The highest BCUT2D eigenvalue weighted by Gasteiger charge is 2.57. The number of benzene rings is 1. The minimum atomic E-state index is -6.23. The molecule has 28 heavy (non-hydrogen) atoms. The van der Waals surface area contributed by atoms with Gasteiger partial charge in [-0.2, -0.15) is 30.4 Å². The van der Waals surface area contributed by atoms with E-state index in [0.29, 0.717) is 0 Å². The molecule has 158 valence electrons. The summed E-state index contributed by atoms with van der Waals surface area (Å²) in [4.78, 5) is 11.2. The van der Waals surface area contributed by atoms with Crippen molar-refractivity contribution in [2.45, 2.75) is 11.4 Å². The van der Waals surface area contributed by atoms with E-state index in [-0.39, 0.29) is 12.4 Å². The Morgan fingerprint density at radius 3 is 2.07 bits per heavy atom. The van der Waals surface area contributed by atoms with Crippen LogP contribution in [-0.2, 0) is 28.7 Å². The number of esters is 1. The zero-order chi connectivity index (χ0) is 21.6. The summed E-state index contributed by atoms with van der Waals surface area (Å²) < 4.78 is 106. The van der Waals surface area contributed by atoms with Gasteiger partial charge in [0.05, 0.1) is 13.7 Å².